The zero-order valence-electron chi connectivity index (χ0n) is 9.47. The van der Waals surface area contributed by atoms with Crippen molar-refractivity contribution in [1.29, 1.82) is 0 Å². The smallest absolute Gasteiger partial charge is 0.286 e. The molecule has 0 aromatic carbocycles. The van der Waals surface area contributed by atoms with Gasteiger partial charge in [0.05, 0.1) is 12.2 Å². The molecule has 8 nitrogen and oxygen atoms in total. The monoisotopic (exact) mass is 245 g/mol. The van der Waals surface area contributed by atoms with E-state index in [1.165, 1.54) is 6.33 Å². The molecule has 0 spiro atoms. The molecule has 3 rings (SSSR count). The summed E-state index contributed by atoms with van der Waals surface area (Å²) in [6.45, 7) is 0.712. The highest BCUT2D eigenvalue weighted by atomic mass is 16.1. The first-order chi connectivity index (χ1) is 8.75. The number of aliphatic imine (C=N–C) groups is 1. The largest absolute Gasteiger partial charge is 0.363 e. The number of hydrogen-bond acceptors (Lipinski definition) is 5. The number of carbonyl (C=O) groups is 1. The van der Waals surface area contributed by atoms with E-state index in [-0.39, 0.29) is 11.9 Å². The van der Waals surface area contributed by atoms with Crippen molar-refractivity contribution in [2.45, 2.75) is 19.0 Å². The van der Waals surface area contributed by atoms with Crippen molar-refractivity contribution >= 4 is 17.9 Å². The van der Waals surface area contributed by atoms with Crippen molar-refractivity contribution < 1.29 is 4.79 Å². The number of carbonyl (C=O) groups excluding carboxylic acids is 1. The van der Waals surface area contributed by atoms with Crippen LogP contribution in [0.5, 0.6) is 0 Å². The van der Waals surface area contributed by atoms with Crippen LogP contribution in [0.2, 0.25) is 0 Å². The average Bonchev–Trinajstić information content (AvgIpc) is 2.96. The first kappa shape index (κ1) is 10.6. The lowest BCUT2D eigenvalue weighted by Crippen LogP contribution is -2.22. The van der Waals surface area contributed by atoms with E-state index in [4.69, 9.17) is 5.73 Å². The summed E-state index contributed by atoms with van der Waals surface area (Å²) in [6.07, 6.45) is 5.71. The van der Waals surface area contributed by atoms with Gasteiger partial charge in [-0.05, 0) is 6.42 Å². The van der Waals surface area contributed by atoms with Crippen molar-refractivity contribution in [1.82, 2.24) is 24.5 Å². The van der Waals surface area contributed by atoms with Crippen LogP contribution in [0, 0.1) is 0 Å². The SMILES string of the molecule is NC(=O)c1nncn1C1C=Nc2ccnn2CC1. The number of amides is 1. The number of aromatic nitrogens is 5. The summed E-state index contributed by atoms with van der Waals surface area (Å²) >= 11 is 0. The first-order valence-electron chi connectivity index (χ1n) is 5.51. The third-order valence-electron chi connectivity index (χ3n) is 2.86. The Labute approximate surface area is 102 Å². The Balaban J connectivity index is 1.93. The predicted molar refractivity (Wildman–Crippen MR) is 62.6 cm³/mol. The highest BCUT2D eigenvalue weighted by molar-refractivity contribution is 5.89. The van der Waals surface area contributed by atoms with E-state index in [1.807, 2.05) is 10.7 Å². The molecular formula is C10H11N7O. The molecule has 92 valence electrons. The minimum atomic E-state index is -0.595. The first-order valence-corrected chi connectivity index (χ1v) is 5.51. The molecule has 1 aliphatic heterocycles. The van der Waals surface area contributed by atoms with Gasteiger partial charge in [-0.1, -0.05) is 0 Å². The Morgan fingerprint density at radius 2 is 2.39 bits per heavy atom. The van der Waals surface area contributed by atoms with Gasteiger partial charge in [-0.25, -0.2) is 9.67 Å². The fraction of sp³-hybridized carbons (Fsp3) is 0.300. The fourth-order valence-corrected chi connectivity index (χ4v) is 1.97. The molecule has 0 bridgehead atoms. The summed E-state index contributed by atoms with van der Waals surface area (Å²) < 4.78 is 3.45. The summed E-state index contributed by atoms with van der Waals surface area (Å²) in [4.78, 5) is 15.5. The summed E-state index contributed by atoms with van der Waals surface area (Å²) in [7, 11) is 0. The Morgan fingerprint density at radius 1 is 1.50 bits per heavy atom. The number of nitrogens with zero attached hydrogens (tertiary/aromatic N) is 6. The van der Waals surface area contributed by atoms with Crippen LogP contribution < -0.4 is 5.73 Å². The van der Waals surface area contributed by atoms with Crippen molar-refractivity contribution in [3.05, 3.63) is 24.4 Å². The van der Waals surface area contributed by atoms with Gasteiger partial charge in [0.1, 0.15) is 12.1 Å². The Kier molecular flexibility index (Phi) is 2.40. The van der Waals surface area contributed by atoms with Gasteiger partial charge in [0.25, 0.3) is 5.91 Å². The second-order valence-corrected chi connectivity index (χ2v) is 3.97. The summed E-state index contributed by atoms with van der Waals surface area (Å²) in [6, 6.07) is 1.74. The summed E-state index contributed by atoms with van der Waals surface area (Å²) in [5.74, 6) is 0.347. The number of fused-ring (bicyclic) bond motifs is 1. The van der Waals surface area contributed by atoms with Crippen molar-refractivity contribution in [3.8, 4) is 0 Å². The minimum absolute atomic E-state index is 0.0933. The third kappa shape index (κ3) is 1.67. The lowest BCUT2D eigenvalue weighted by atomic mass is 10.2. The van der Waals surface area contributed by atoms with E-state index in [0.29, 0.717) is 6.54 Å². The lowest BCUT2D eigenvalue weighted by molar-refractivity contribution is 0.0985. The topological polar surface area (TPSA) is 104 Å². The van der Waals surface area contributed by atoms with Gasteiger partial charge in [0.2, 0.25) is 5.82 Å². The maximum atomic E-state index is 11.2. The standard InChI is InChI=1S/C10H11N7O/c11-9(18)10-15-13-6-16(10)7-2-4-17-8(12-5-7)1-3-14-17/h1,3,5-7H,2,4H2,(H2,11,18). The molecule has 1 amide bonds. The molecule has 1 atom stereocenters. The van der Waals surface area contributed by atoms with Crippen LogP contribution >= 0.6 is 0 Å². The molecule has 2 N–H and O–H groups in total. The van der Waals surface area contributed by atoms with Gasteiger partial charge in [-0.2, -0.15) is 5.10 Å². The van der Waals surface area contributed by atoms with Gasteiger partial charge in [-0.15, -0.1) is 10.2 Å². The predicted octanol–water partition coefficient (Wildman–Crippen LogP) is -0.0792. The highest BCUT2D eigenvalue weighted by Crippen LogP contribution is 2.20. The molecule has 0 saturated carbocycles. The zero-order chi connectivity index (χ0) is 12.5. The van der Waals surface area contributed by atoms with E-state index in [9.17, 15) is 4.79 Å². The van der Waals surface area contributed by atoms with E-state index in [0.717, 1.165) is 12.2 Å². The average molecular weight is 245 g/mol. The van der Waals surface area contributed by atoms with E-state index >= 15 is 0 Å². The van der Waals surface area contributed by atoms with Gasteiger partial charge in [-0.3, -0.25) is 4.79 Å². The third-order valence-corrected chi connectivity index (χ3v) is 2.86. The van der Waals surface area contributed by atoms with Crippen LogP contribution in [-0.4, -0.2) is 36.7 Å². The molecule has 2 aromatic heterocycles. The molecule has 0 saturated heterocycles. The van der Waals surface area contributed by atoms with Crippen LogP contribution in [0.1, 0.15) is 23.1 Å². The molecule has 2 aromatic rings. The maximum absolute atomic E-state index is 11.2. The molecule has 1 unspecified atom stereocenters. The zero-order valence-corrected chi connectivity index (χ0v) is 9.47. The van der Waals surface area contributed by atoms with Crippen LogP contribution in [0.25, 0.3) is 0 Å². The van der Waals surface area contributed by atoms with E-state index in [1.54, 1.807) is 17.0 Å². The Morgan fingerprint density at radius 3 is 3.22 bits per heavy atom. The Hall–Kier alpha value is -2.51. The van der Waals surface area contributed by atoms with Crippen LogP contribution in [0.15, 0.2) is 23.6 Å². The lowest BCUT2D eigenvalue weighted by Gasteiger charge is -2.12. The molecule has 18 heavy (non-hydrogen) atoms. The maximum Gasteiger partial charge on any atom is 0.286 e. The second kappa shape index (κ2) is 4.06. The quantitative estimate of drug-likeness (QED) is 0.798. The molecule has 0 radical (unpaired) electrons. The number of hydrogen-bond donors (Lipinski definition) is 1. The van der Waals surface area contributed by atoms with E-state index < -0.39 is 5.91 Å². The minimum Gasteiger partial charge on any atom is -0.363 e. The van der Waals surface area contributed by atoms with Crippen molar-refractivity contribution in [2.75, 3.05) is 0 Å². The normalized spacial score (nSPS) is 18.3. The van der Waals surface area contributed by atoms with Crippen LogP contribution in [0.4, 0.5) is 5.82 Å². The van der Waals surface area contributed by atoms with Crippen molar-refractivity contribution in [3.63, 3.8) is 0 Å². The van der Waals surface area contributed by atoms with Gasteiger partial charge < -0.3 is 10.3 Å². The summed E-state index contributed by atoms with van der Waals surface area (Å²) in [5, 5.41) is 11.6. The number of nitrogens with two attached hydrogens (primary N) is 1. The van der Waals surface area contributed by atoms with Gasteiger partial charge in [0.15, 0.2) is 0 Å². The molecule has 1 aliphatic rings. The molecule has 0 aliphatic carbocycles. The van der Waals surface area contributed by atoms with Crippen LogP contribution in [-0.2, 0) is 6.54 Å². The molecule has 3 heterocycles. The van der Waals surface area contributed by atoms with Gasteiger partial charge in [0, 0.05) is 18.8 Å². The van der Waals surface area contributed by atoms with Gasteiger partial charge >= 0.3 is 0 Å². The van der Waals surface area contributed by atoms with Crippen molar-refractivity contribution in [2.24, 2.45) is 10.7 Å². The second-order valence-electron chi connectivity index (χ2n) is 3.97. The van der Waals surface area contributed by atoms with E-state index in [2.05, 4.69) is 20.3 Å². The molecule has 0 fully saturated rings. The highest BCUT2D eigenvalue weighted by Gasteiger charge is 2.19. The number of rotatable bonds is 2. The molecule has 8 heteroatoms. The Bertz CT molecular complexity index is 611. The summed E-state index contributed by atoms with van der Waals surface area (Å²) in [5.41, 5.74) is 5.24. The number of aryl methyl sites for hydroxylation is 1. The van der Waals surface area contributed by atoms with Crippen LogP contribution in [0.3, 0.4) is 0 Å². The number of primary amides is 1. The molecular weight excluding hydrogens is 234 g/mol. The fourth-order valence-electron chi connectivity index (χ4n) is 1.97.